The van der Waals surface area contributed by atoms with E-state index < -0.39 is 5.79 Å². The van der Waals surface area contributed by atoms with E-state index in [1.165, 1.54) is 25.9 Å². The van der Waals surface area contributed by atoms with Gasteiger partial charge < -0.3 is 28.6 Å². The summed E-state index contributed by atoms with van der Waals surface area (Å²) in [6.45, 7) is 8.43. The first-order valence-electron chi connectivity index (χ1n) is 10.6. The van der Waals surface area contributed by atoms with Gasteiger partial charge in [0.2, 0.25) is 0 Å². The topological polar surface area (TPSA) is 66.5 Å². The molecule has 0 N–H and O–H groups in total. The molecule has 0 spiro atoms. The highest BCUT2D eigenvalue weighted by molar-refractivity contribution is 5.77. The number of hydrogen-bond donors (Lipinski definition) is 0. The summed E-state index contributed by atoms with van der Waals surface area (Å²) < 4.78 is 29.5. The monoisotopic (exact) mass is 381 g/mol. The molecule has 5 fully saturated rings. The second-order valence-corrected chi connectivity index (χ2v) is 8.73. The molecule has 6 atom stereocenters. The third kappa shape index (κ3) is 3.12. The summed E-state index contributed by atoms with van der Waals surface area (Å²) in [7, 11) is 0. The van der Waals surface area contributed by atoms with Crippen molar-refractivity contribution in [3.05, 3.63) is 0 Å². The first-order valence-corrected chi connectivity index (χ1v) is 10.6. The molecule has 0 aromatic heterocycles. The van der Waals surface area contributed by atoms with Gasteiger partial charge in [0, 0.05) is 18.4 Å². The molecule has 2 aliphatic carbocycles. The summed E-state index contributed by atoms with van der Waals surface area (Å²) in [6.07, 6.45) is 3.42. The van der Waals surface area contributed by atoms with Crippen LogP contribution in [0.1, 0.15) is 26.2 Å². The van der Waals surface area contributed by atoms with E-state index in [0.717, 1.165) is 19.6 Å². The molecule has 0 aromatic rings. The standard InChI is InChI=1S/C20H31NO6/c1-20(25-10-11-26-20)16-14-12-13-15(16)19(22)27-18(13)17(14)24-9-8-23-7-6-21-4-2-3-5-21/h13-18H,2-12H2,1H3. The number of rotatable bonds is 8. The molecule has 7 heteroatoms. The third-order valence-corrected chi connectivity index (χ3v) is 7.30. The number of carbonyl (C=O) groups excluding carboxylic acids is 1. The fraction of sp³-hybridized carbons (Fsp3) is 0.950. The van der Waals surface area contributed by atoms with Crippen LogP contribution in [0.25, 0.3) is 0 Å². The molecule has 5 rings (SSSR count). The lowest BCUT2D eigenvalue weighted by molar-refractivity contribution is -0.213. The first kappa shape index (κ1) is 18.3. The van der Waals surface area contributed by atoms with Crippen LogP contribution in [0.3, 0.4) is 0 Å². The van der Waals surface area contributed by atoms with Crippen LogP contribution in [0, 0.1) is 23.7 Å². The lowest BCUT2D eigenvalue weighted by Gasteiger charge is -2.39. The van der Waals surface area contributed by atoms with Crippen LogP contribution in [0.15, 0.2) is 0 Å². The van der Waals surface area contributed by atoms with Crippen molar-refractivity contribution in [2.24, 2.45) is 23.7 Å². The Hall–Kier alpha value is -0.730. The van der Waals surface area contributed by atoms with E-state index in [-0.39, 0.29) is 41.8 Å². The molecule has 2 saturated carbocycles. The van der Waals surface area contributed by atoms with Crippen LogP contribution in [0.4, 0.5) is 0 Å². The highest BCUT2D eigenvalue weighted by Gasteiger charge is 2.71. The average molecular weight is 381 g/mol. The summed E-state index contributed by atoms with van der Waals surface area (Å²) in [5, 5.41) is 0. The number of nitrogens with zero attached hydrogens (tertiary/aromatic N) is 1. The zero-order chi connectivity index (χ0) is 18.4. The Labute approximate surface area is 160 Å². The Morgan fingerprint density at radius 2 is 1.89 bits per heavy atom. The normalized spacial score (nSPS) is 42.3. The molecule has 0 amide bonds. The summed E-state index contributed by atoms with van der Waals surface area (Å²) >= 11 is 0. The molecule has 5 aliphatic rings. The fourth-order valence-electron chi connectivity index (χ4n) is 6.19. The van der Waals surface area contributed by atoms with Crippen molar-refractivity contribution in [3.63, 3.8) is 0 Å². The van der Waals surface area contributed by atoms with Crippen LogP contribution in [0.5, 0.6) is 0 Å². The number of carbonyl (C=O) groups is 1. The minimum atomic E-state index is -0.688. The molecule has 3 heterocycles. The molecule has 0 radical (unpaired) electrons. The second-order valence-electron chi connectivity index (χ2n) is 8.73. The van der Waals surface area contributed by atoms with E-state index in [1.807, 2.05) is 6.92 Å². The maximum absolute atomic E-state index is 12.5. The van der Waals surface area contributed by atoms with Gasteiger partial charge in [0.15, 0.2) is 5.79 Å². The minimum Gasteiger partial charge on any atom is -0.459 e. The van der Waals surface area contributed by atoms with E-state index >= 15 is 0 Å². The van der Waals surface area contributed by atoms with Crippen molar-refractivity contribution in [2.45, 2.75) is 44.2 Å². The minimum absolute atomic E-state index is 0.0253. The summed E-state index contributed by atoms with van der Waals surface area (Å²) in [6, 6.07) is 0. The van der Waals surface area contributed by atoms with Crippen LogP contribution in [-0.4, -0.2) is 81.5 Å². The smallest absolute Gasteiger partial charge is 0.310 e. The van der Waals surface area contributed by atoms with Crippen molar-refractivity contribution in [1.29, 1.82) is 0 Å². The van der Waals surface area contributed by atoms with Gasteiger partial charge in [-0.25, -0.2) is 0 Å². The van der Waals surface area contributed by atoms with Gasteiger partial charge in [0.05, 0.1) is 45.1 Å². The molecule has 152 valence electrons. The maximum Gasteiger partial charge on any atom is 0.310 e. The quantitative estimate of drug-likeness (QED) is 0.460. The Morgan fingerprint density at radius 3 is 2.67 bits per heavy atom. The van der Waals surface area contributed by atoms with E-state index in [4.69, 9.17) is 23.7 Å². The van der Waals surface area contributed by atoms with Crippen molar-refractivity contribution in [2.75, 3.05) is 52.7 Å². The number of hydrogen-bond acceptors (Lipinski definition) is 7. The molecular formula is C20H31NO6. The summed E-state index contributed by atoms with van der Waals surface area (Å²) in [4.78, 5) is 14.9. The molecule has 7 nitrogen and oxygen atoms in total. The zero-order valence-electron chi connectivity index (χ0n) is 16.1. The second kappa shape index (κ2) is 7.26. The molecular weight excluding hydrogens is 350 g/mol. The molecule has 6 unspecified atom stereocenters. The highest BCUT2D eigenvalue weighted by atomic mass is 16.7. The summed E-state index contributed by atoms with van der Waals surface area (Å²) in [5.41, 5.74) is 0. The van der Waals surface area contributed by atoms with Crippen molar-refractivity contribution >= 4 is 5.97 Å². The van der Waals surface area contributed by atoms with Crippen LogP contribution in [-0.2, 0) is 28.5 Å². The lowest BCUT2D eigenvalue weighted by atomic mass is 9.74. The van der Waals surface area contributed by atoms with Gasteiger partial charge >= 0.3 is 5.97 Å². The van der Waals surface area contributed by atoms with Crippen molar-refractivity contribution < 1.29 is 28.5 Å². The Kier molecular flexibility index (Phi) is 4.92. The first-order chi connectivity index (χ1) is 13.2. The Bertz CT molecular complexity index is 559. The van der Waals surface area contributed by atoms with E-state index in [2.05, 4.69) is 4.90 Å². The largest absolute Gasteiger partial charge is 0.459 e. The number of ether oxygens (including phenoxy) is 5. The van der Waals surface area contributed by atoms with Crippen LogP contribution >= 0.6 is 0 Å². The molecule has 3 aliphatic heterocycles. The maximum atomic E-state index is 12.5. The summed E-state index contributed by atoms with van der Waals surface area (Å²) in [5.74, 6) is -0.350. The van der Waals surface area contributed by atoms with Gasteiger partial charge in [0.25, 0.3) is 0 Å². The predicted molar refractivity (Wildman–Crippen MR) is 95.0 cm³/mol. The predicted octanol–water partition coefficient (Wildman–Crippen LogP) is 1.05. The SMILES string of the molecule is CC1(C2C3CC4C(OC(=O)C42)C3OCCOCCN2CCCC2)OCCO1. The van der Waals surface area contributed by atoms with Gasteiger partial charge in [0.1, 0.15) is 6.10 Å². The van der Waals surface area contributed by atoms with E-state index in [0.29, 0.717) is 26.4 Å². The molecule has 3 saturated heterocycles. The van der Waals surface area contributed by atoms with Crippen molar-refractivity contribution in [1.82, 2.24) is 4.90 Å². The van der Waals surface area contributed by atoms with E-state index in [1.54, 1.807) is 0 Å². The van der Waals surface area contributed by atoms with Crippen LogP contribution < -0.4 is 0 Å². The zero-order valence-corrected chi connectivity index (χ0v) is 16.1. The number of esters is 1. The van der Waals surface area contributed by atoms with Gasteiger partial charge in [-0.3, -0.25) is 4.79 Å². The average Bonchev–Trinajstić information content (AvgIpc) is 3.43. The third-order valence-electron chi connectivity index (χ3n) is 7.30. The number of likely N-dealkylation sites (tertiary alicyclic amines) is 1. The van der Waals surface area contributed by atoms with Gasteiger partial charge in [-0.1, -0.05) is 0 Å². The Morgan fingerprint density at radius 1 is 1.11 bits per heavy atom. The van der Waals surface area contributed by atoms with Crippen molar-refractivity contribution in [3.8, 4) is 0 Å². The Balaban J connectivity index is 1.14. The number of fused-ring (bicyclic) bond motifs is 1. The fourth-order valence-corrected chi connectivity index (χ4v) is 6.19. The highest BCUT2D eigenvalue weighted by Crippen LogP contribution is 2.62. The van der Waals surface area contributed by atoms with E-state index in [9.17, 15) is 4.79 Å². The van der Waals surface area contributed by atoms with Crippen LogP contribution in [0.2, 0.25) is 0 Å². The van der Waals surface area contributed by atoms with Gasteiger partial charge in [-0.05, 0) is 45.2 Å². The van der Waals surface area contributed by atoms with Gasteiger partial charge in [-0.2, -0.15) is 0 Å². The lowest BCUT2D eigenvalue weighted by Crippen LogP contribution is -2.50. The molecule has 2 bridgehead atoms. The van der Waals surface area contributed by atoms with Gasteiger partial charge in [-0.15, -0.1) is 0 Å². The molecule has 0 aromatic carbocycles. The molecule has 27 heavy (non-hydrogen) atoms.